The number of hydrogen-bond acceptors (Lipinski definition) is 3. The first-order chi connectivity index (χ1) is 7.63. The molecule has 0 bridgehead atoms. The number of carbonyl (C=O) groups excluding carboxylic acids is 1. The summed E-state index contributed by atoms with van der Waals surface area (Å²) in [6, 6.07) is 6.85. The maximum absolute atomic E-state index is 11.5. The molecule has 0 radical (unpaired) electrons. The number of benzene rings is 1. The minimum absolute atomic E-state index is 0.118. The molecule has 1 rings (SSSR count). The fourth-order valence-corrected chi connectivity index (χ4v) is 1.32. The van der Waals surface area contributed by atoms with Gasteiger partial charge in [-0.05, 0) is 30.7 Å². The van der Waals surface area contributed by atoms with Crippen LogP contribution in [0.25, 0.3) is 0 Å². The third-order valence-electron chi connectivity index (χ3n) is 2.13. The number of nitrogens with one attached hydrogen (secondary N) is 1. The van der Waals surface area contributed by atoms with Gasteiger partial charge < -0.3 is 10.4 Å². The molecule has 0 atom stereocenters. The predicted molar refractivity (Wildman–Crippen MR) is 61.8 cm³/mol. The molecule has 0 fully saturated rings. The highest BCUT2D eigenvalue weighted by Crippen LogP contribution is 2.11. The topological polar surface area (TPSA) is 66.4 Å². The molecule has 16 heavy (non-hydrogen) atoms. The third kappa shape index (κ3) is 3.73. The second-order valence-corrected chi connectivity index (χ2v) is 3.50. The fourth-order valence-electron chi connectivity index (χ4n) is 1.32. The summed E-state index contributed by atoms with van der Waals surface area (Å²) in [7, 11) is 0. The van der Waals surface area contributed by atoms with Crippen molar-refractivity contribution in [3.05, 3.63) is 29.8 Å². The standard InChI is InChI=1S/C12H15NO3/c1-2-3-11(14)9-4-6-10(7-5-9)13-8-12(15)16/h4-7,13H,2-3,8H2,1H3,(H,15,16). The molecule has 0 saturated heterocycles. The zero-order chi connectivity index (χ0) is 12.0. The molecule has 4 heteroatoms. The van der Waals surface area contributed by atoms with Crippen LogP contribution < -0.4 is 5.32 Å². The van der Waals surface area contributed by atoms with E-state index >= 15 is 0 Å². The van der Waals surface area contributed by atoms with Crippen molar-refractivity contribution < 1.29 is 14.7 Å². The number of rotatable bonds is 6. The summed E-state index contributed by atoms with van der Waals surface area (Å²) in [6.45, 7) is 1.84. The van der Waals surface area contributed by atoms with Crippen molar-refractivity contribution in [3.63, 3.8) is 0 Å². The molecule has 0 spiro atoms. The quantitative estimate of drug-likeness (QED) is 0.722. The lowest BCUT2D eigenvalue weighted by Gasteiger charge is -2.04. The second kappa shape index (κ2) is 5.90. The Hall–Kier alpha value is -1.84. The van der Waals surface area contributed by atoms with Crippen LogP contribution in [0.5, 0.6) is 0 Å². The number of aliphatic carboxylic acids is 1. The Morgan fingerprint density at radius 3 is 2.38 bits per heavy atom. The summed E-state index contributed by atoms with van der Waals surface area (Å²) in [5.41, 5.74) is 1.37. The van der Waals surface area contributed by atoms with E-state index in [9.17, 15) is 9.59 Å². The van der Waals surface area contributed by atoms with E-state index in [-0.39, 0.29) is 12.3 Å². The first-order valence-electron chi connectivity index (χ1n) is 5.22. The first kappa shape index (κ1) is 12.2. The molecular formula is C12H15NO3. The number of carboxylic acids is 1. The van der Waals surface area contributed by atoms with E-state index in [4.69, 9.17) is 5.11 Å². The molecule has 0 amide bonds. The molecule has 1 aromatic carbocycles. The normalized spacial score (nSPS) is 9.81. The molecule has 0 heterocycles. The summed E-state index contributed by atoms with van der Waals surface area (Å²) in [5.74, 6) is -0.793. The van der Waals surface area contributed by atoms with Gasteiger partial charge in [0.15, 0.2) is 5.78 Å². The van der Waals surface area contributed by atoms with Gasteiger partial charge in [-0.3, -0.25) is 9.59 Å². The van der Waals surface area contributed by atoms with Crippen molar-refractivity contribution >= 4 is 17.4 Å². The van der Waals surface area contributed by atoms with Gasteiger partial charge in [-0.15, -0.1) is 0 Å². The molecule has 0 aliphatic heterocycles. The van der Waals surface area contributed by atoms with Gasteiger partial charge in [-0.1, -0.05) is 6.92 Å². The van der Waals surface area contributed by atoms with Gasteiger partial charge in [0.1, 0.15) is 6.54 Å². The van der Waals surface area contributed by atoms with Crippen LogP contribution in [0.15, 0.2) is 24.3 Å². The molecule has 0 aliphatic rings. The summed E-state index contributed by atoms with van der Waals surface area (Å²) in [5, 5.41) is 11.2. The molecule has 86 valence electrons. The highest BCUT2D eigenvalue weighted by Gasteiger charge is 2.04. The SMILES string of the molecule is CCCC(=O)c1ccc(NCC(=O)O)cc1. The Morgan fingerprint density at radius 1 is 1.25 bits per heavy atom. The highest BCUT2D eigenvalue weighted by molar-refractivity contribution is 5.96. The van der Waals surface area contributed by atoms with Gasteiger partial charge in [-0.2, -0.15) is 0 Å². The molecular weight excluding hydrogens is 206 g/mol. The van der Waals surface area contributed by atoms with E-state index in [1.54, 1.807) is 24.3 Å². The van der Waals surface area contributed by atoms with E-state index in [1.165, 1.54) is 0 Å². The van der Waals surface area contributed by atoms with E-state index in [1.807, 2.05) is 6.92 Å². The van der Waals surface area contributed by atoms with Crippen LogP contribution in [0.3, 0.4) is 0 Å². The van der Waals surface area contributed by atoms with Gasteiger partial charge in [0, 0.05) is 17.7 Å². The van der Waals surface area contributed by atoms with Crippen molar-refractivity contribution in [3.8, 4) is 0 Å². The van der Waals surface area contributed by atoms with Crippen LogP contribution >= 0.6 is 0 Å². The molecule has 1 aromatic rings. The average Bonchev–Trinajstić information content (AvgIpc) is 2.27. The Bertz CT molecular complexity index is 370. The number of carboxylic acid groups (broad SMARTS) is 1. The second-order valence-electron chi connectivity index (χ2n) is 3.50. The Balaban J connectivity index is 2.60. The predicted octanol–water partition coefficient (Wildman–Crippen LogP) is 2.17. The summed E-state index contributed by atoms with van der Waals surface area (Å²) in [6.07, 6.45) is 1.37. The number of ketones is 1. The lowest BCUT2D eigenvalue weighted by atomic mass is 10.1. The van der Waals surface area contributed by atoms with Gasteiger partial charge in [-0.25, -0.2) is 0 Å². The summed E-state index contributed by atoms with van der Waals surface area (Å²) >= 11 is 0. The molecule has 0 saturated carbocycles. The number of anilines is 1. The molecule has 0 aliphatic carbocycles. The minimum atomic E-state index is -0.911. The van der Waals surface area contributed by atoms with E-state index < -0.39 is 5.97 Å². The van der Waals surface area contributed by atoms with Crippen LogP contribution in [0.4, 0.5) is 5.69 Å². The Morgan fingerprint density at radius 2 is 1.88 bits per heavy atom. The zero-order valence-electron chi connectivity index (χ0n) is 9.19. The van der Waals surface area contributed by atoms with Crippen molar-refractivity contribution in [2.45, 2.75) is 19.8 Å². The fraction of sp³-hybridized carbons (Fsp3) is 0.333. The van der Waals surface area contributed by atoms with E-state index in [0.717, 1.165) is 6.42 Å². The molecule has 0 aromatic heterocycles. The van der Waals surface area contributed by atoms with Crippen molar-refractivity contribution in [2.24, 2.45) is 0 Å². The van der Waals surface area contributed by atoms with Gasteiger partial charge in [0.2, 0.25) is 0 Å². The summed E-state index contributed by atoms with van der Waals surface area (Å²) in [4.78, 5) is 21.8. The minimum Gasteiger partial charge on any atom is -0.480 e. The summed E-state index contributed by atoms with van der Waals surface area (Å²) < 4.78 is 0. The lowest BCUT2D eigenvalue weighted by molar-refractivity contribution is -0.134. The van der Waals surface area contributed by atoms with Crippen LogP contribution in [0, 0.1) is 0 Å². The van der Waals surface area contributed by atoms with Crippen molar-refractivity contribution in [2.75, 3.05) is 11.9 Å². The first-order valence-corrected chi connectivity index (χ1v) is 5.22. The number of hydrogen-bond donors (Lipinski definition) is 2. The van der Waals surface area contributed by atoms with Crippen LogP contribution in [-0.4, -0.2) is 23.4 Å². The Kier molecular flexibility index (Phi) is 4.51. The largest absolute Gasteiger partial charge is 0.480 e. The van der Waals surface area contributed by atoms with Crippen LogP contribution in [0.2, 0.25) is 0 Å². The zero-order valence-corrected chi connectivity index (χ0v) is 9.19. The molecule has 2 N–H and O–H groups in total. The smallest absolute Gasteiger partial charge is 0.322 e. The van der Waals surface area contributed by atoms with Gasteiger partial charge >= 0.3 is 5.97 Å². The van der Waals surface area contributed by atoms with Crippen LogP contribution in [0.1, 0.15) is 30.1 Å². The van der Waals surface area contributed by atoms with Crippen molar-refractivity contribution in [1.82, 2.24) is 0 Å². The third-order valence-corrected chi connectivity index (χ3v) is 2.13. The molecule has 0 unspecified atom stereocenters. The van der Waals surface area contributed by atoms with Crippen molar-refractivity contribution in [1.29, 1.82) is 0 Å². The Labute approximate surface area is 94.3 Å². The van der Waals surface area contributed by atoms with Gasteiger partial charge in [0.25, 0.3) is 0 Å². The van der Waals surface area contributed by atoms with Gasteiger partial charge in [0.05, 0.1) is 0 Å². The number of Topliss-reactive ketones (excluding diaryl/α,β-unsaturated/α-hetero) is 1. The maximum Gasteiger partial charge on any atom is 0.322 e. The monoisotopic (exact) mass is 221 g/mol. The highest BCUT2D eigenvalue weighted by atomic mass is 16.4. The lowest BCUT2D eigenvalue weighted by Crippen LogP contribution is -2.12. The molecule has 4 nitrogen and oxygen atoms in total. The average molecular weight is 221 g/mol. The number of carbonyl (C=O) groups is 2. The maximum atomic E-state index is 11.5. The van der Waals surface area contributed by atoms with E-state index in [0.29, 0.717) is 17.7 Å². The van der Waals surface area contributed by atoms with E-state index in [2.05, 4.69) is 5.32 Å². The van der Waals surface area contributed by atoms with Crippen LogP contribution in [-0.2, 0) is 4.79 Å².